The van der Waals surface area contributed by atoms with Crippen molar-refractivity contribution in [1.29, 1.82) is 0 Å². The predicted molar refractivity (Wildman–Crippen MR) is 151 cm³/mol. The summed E-state index contributed by atoms with van der Waals surface area (Å²) in [4.78, 5) is 21.6. The van der Waals surface area contributed by atoms with Crippen molar-refractivity contribution in [2.45, 2.75) is 57.7 Å². The van der Waals surface area contributed by atoms with Crippen molar-refractivity contribution in [3.63, 3.8) is 0 Å². The van der Waals surface area contributed by atoms with Gasteiger partial charge in [-0.15, -0.1) is 5.10 Å². The Balaban J connectivity index is 1.36. The molecule has 210 valence electrons. The van der Waals surface area contributed by atoms with Crippen LogP contribution in [0.25, 0.3) is 10.9 Å². The molecule has 0 spiro atoms. The Morgan fingerprint density at radius 2 is 1.80 bits per heavy atom. The molecule has 2 aromatic heterocycles. The van der Waals surface area contributed by atoms with E-state index in [0.29, 0.717) is 30.6 Å². The molecule has 1 atom stereocenters. The smallest absolute Gasteiger partial charge is 0.253 e. The molecular weight excluding hydrogens is 509 g/mol. The van der Waals surface area contributed by atoms with Crippen LogP contribution in [0.5, 0.6) is 5.75 Å². The summed E-state index contributed by atoms with van der Waals surface area (Å²) in [7, 11) is 0. The van der Waals surface area contributed by atoms with E-state index in [1.165, 1.54) is 44.2 Å². The average Bonchev–Trinajstić information content (AvgIpc) is 3.43. The van der Waals surface area contributed by atoms with Gasteiger partial charge in [-0.2, -0.15) is 0 Å². The Kier molecular flexibility index (Phi) is 7.88. The van der Waals surface area contributed by atoms with Crippen LogP contribution in [0.3, 0.4) is 0 Å². The summed E-state index contributed by atoms with van der Waals surface area (Å²) in [5, 5.41) is 13.6. The van der Waals surface area contributed by atoms with E-state index in [2.05, 4.69) is 30.3 Å². The molecule has 9 nitrogen and oxygen atoms in total. The summed E-state index contributed by atoms with van der Waals surface area (Å²) in [6.45, 7) is 6.39. The minimum atomic E-state index is -0.437. The minimum absolute atomic E-state index is 0.160. The average molecular weight is 546 g/mol. The van der Waals surface area contributed by atoms with Gasteiger partial charge in [-0.05, 0) is 72.2 Å². The van der Waals surface area contributed by atoms with Gasteiger partial charge in [0.2, 0.25) is 0 Å². The van der Waals surface area contributed by atoms with Crippen molar-refractivity contribution in [2.24, 2.45) is 0 Å². The lowest BCUT2D eigenvalue weighted by Gasteiger charge is -2.43. The van der Waals surface area contributed by atoms with E-state index in [0.717, 1.165) is 48.4 Å². The number of rotatable bonds is 8. The third-order valence-electron chi connectivity index (χ3n) is 8.30. The van der Waals surface area contributed by atoms with Gasteiger partial charge in [0.1, 0.15) is 17.6 Å². The first-order valence-corrected chi connectivity index (χ1v) is 14.4. The zero-order chi connectivity index (χ0) is 27.5. The van der Waals surface area contributed by atoms with Gasteiger partial charge in [0, 0.05) is 48.7 Å². The van der Waals surface area contributed by atoms with Gasteiger partial charge in [0.25, 0.3) is 5.56 Å². The number of hydrogen-bond donors (Lipinski definition) is 1. The molecule has 40 heavy (non-hydrogen) atoms. The molecule has 2 aromatic carbocycles. The molecular formula is C30H36FN7O2. The molecule has 3 heterocycles. The minimum Gasteiger partial charge on any atom is -0.494 e. The molecule has 2 aliphatic rings. The molecule has 0 radical (unpaired) electrons. The van der Waals surface area contributed by atoms with Crippen molar-refractivity contribution in [3.05, 3.63) is 81.7 Å². The van der Waals surface area contributed by atoms with Gasteiger partial charge in [0.05, 0.1) is 13.2 Å². The Labute approximate surface area is 232 Å². The van der Waals surface area contributed by atoms with Gasteiger partial charge in [-0.3, -0.25) is 14.6 Å². The summed E-state index contributed by atoms with van der Waals surface area (Å²) in [6.07, 6.45) is 6.49. The second kappa shape index (κ2) is 11.9. The highest BCUT2D eigenvalue weighted by atomic mass is 19.1. The van der Waals surface area contributed by atoms with Gasteiger partial charge < -0.3 is 9.72 Å². The number of benzene rings is 2. The summed E-state index contributed by atoms with van der Waals surface area (Å²) < 4.78 is 21.0. The topological polar surface area (TPSA) is 92.2 Å². The van der Waals surface area contributed by atoms with Crippen LogP contribution in [0.15, 0.2) is 53.3 Å². The number of aromatic nitrogens is 5. The Hall–Kier alpha value is -3.63. The number of H-pyrrole nitrogens is 1. The lowest BCUT2D eigenvalue weighted by atomic mass is 9.93. The molecule has 1 N–H and O–H groups in total. The Bertz CT molecular complexity index is 1490. The van der Waals surface area contributed by atoms with Gasteiger partial charge >= 0.3 is 0 Å². The molecule has 6 rings (SSSR count). The molecule has 1 aliphatic carbocycles. The molecule has 1 saturated carbocycles. The highest BCUT2D eigenvalue weighted by molar-refractivity contribution is 5.80. The number of nitrogens with zero attached hydrogens (tertiary/aromatic N) is 6. The first-order valence-electron chi connectivity index (χ1n) is 14.4. The zero-order valence-electron chi connectivity index (χ0n) is 22.9. The van der Waals surface area contributed by atoms with Crippen LogP contribution >= 0.6 is 0 Å². The first kappa shape index (κ1) is 26.6. The van der Waals surface area contributed by atoms with Crippen molar-refractivity contribution >= 4 is 10.9 Å². The SMILES string of the molecule is CCOc1ccc2[nH]c(=O)c(C(c3nnnn3Cc3ccc(F)cc3)N3CCN(C4CCCCC4)CC3)cc2c1. The third-order valence-corrected chi connectivity index (χ3v) is 8.30. The van der Waals surface area contributed by atoms with Gasteiger partial charge in [-0.1, -0.05) is 31.4 Å². The molecule has 0 bridgehead atoms. The van der Waals surface area contributed by atoms with Gasteiger partial charge in [0.15, 0.2) is 5.82 Å². The second-order valence-corrected chi connectivity index (χ2v) is 10.8. The number of piperazine rings is 1. The zero-order valence-corrected chi connectivity index (χ0v) is 22.9. The van der Waals surface area contributed by atoms with E-state index in [-0.39, 0.29) is 11.4 Å². The quantitative estimate of drug-likeness (QED) is 0.356. The highest BCUT2D eigenvalue weighted by Gasteiger charge is 2.34. The number of aromatic amines is 1. The standard InChI is InChI=1S/C30H36FN7O2/c1-2-40-25-12-13-27-22(18-25)19-26(30(39)32-27)28(37-16-14-36(15-17-37)24-6-4-3-5-7-24)29-33-34-35-38(29)20-21-8-10-23(31)11-9-21/h8-13,18-19,24,28H,2-7,14-17,20H2,1H3,(H,32,39). The van der Waals surface area contributed by atoms with E-state index in [1.54, 1.807) is 16.8 Å². The van der Waals surface area contributed by atoms with Crippen LogP contribution < -0.4 is 10.3 Å². The van der Waals surface area contributed by atoms with Crippen molar-refractivity contribution < 1.29 is 9.13 Å². The number of ether oxygens (including phenoxy) is 1. The number of nitrogens with one attached hydrogen (secondary N) is 1. The monoisotopic (exact) mass is 545 g/mol. The van der Waals surface area contributed by atoms with Crippen LogP contribution in [0, 0.1) is 5.82 Å². The lowest BCUT2D eigenvalue weighted by Crippen LogP contribution is -2.52. The maximum Gasteiger partial charge on any atom is 0.253 e. The van der Waals surface area contributed by atoms with Crippen molar-refractivity contribution in [1.82, 2.24) is 35.0 Å². The predicted octanol–water partition coefficient (Wildman–Crippen LogP) is 4.14. The summed E-state index contributed by atoms with van der Waals surface area (Å²) >= 11 is 0. The van der Waals surface area contributed by atoms with Crippen LogP contribution in [-0.2, 0) is 6.54 Å². The summed E-state index contributed by atoms with van der Waals surface area (Å²) in [6, 6.07) is 14.2. The lowest BCUT2D eigenvalue weighted by molar-refractivity contribution is 0.0618. The van der Waals surface area contributed by atoms with Crippen molar-refractivity contribution in [3.8, 4) is 5.75 Å². The Morgan fingerprint density at radius 1 is 1.02 bits per heavy atom. The van der Waals surface area contributed by atoms with E-state index in [9.17, 15) is 9.18 Å². The fourth-order valence-corrected chi connectivity index (χ4v) is 6.25. The maximum absolute atomic E-state index is 13.6. The van der Waals surface area contributed by atoms with E-state index in [4.69, 9.17) is 4.74 Å². The summed E-state index contributed by atoms with van der Waals surface area (Å²) in [5.41, 5.74) is 2.07. The number of halogens is 1. The third kappa shape index (κ3) is 5.64. The van der Waals surface area contributed by atoms with E-state index in [1.807, 2.05) is 31.2 Å². The van der Waals surface area contributed by atoms with Crippen molar-refractivity contribution in [2.75, 3.05) is 32.8 Å². The molecule has 1 unspecified atom stereocenters. The maximum atomic E-state index is 13.6. The van der Waals surface area contributed by atoms with Crippen LogP contribution in [-0.4, -0.2) is 73.8 Å². The van der Waals surface area contributed by atoms with Gasteiger partial charge in [-0.25, -0.2) is 9.07 Å². The number of pyridine rings is 1. The van der Waals surface area contributed by atoms with Crippen LogP contribution in [0.1, 0.15) is 62.0 Å². The van der Waals surface area contributed by atoms with E-state index < -0.39 is 6.04 Å². The fraction of sp³-hybridized carbons (Fsp3) is 0.467. The first-order chi connectivity index (χ1) is 19.6. The second-order valence-electron chi connectivity index (χ2n) is 10.8. The molecule has 10 heteroatoms. The summed E-state index contributed by atoms with van der Waals surface area (Å²) in [5.74, 6) is 1.07. The highest BCUT2D eigenvalue weighted by Crippen LogP contribution is 2.31. The fourth-order valence-electron chi connectivity index (χ4n) is 6.25. The molecule has 1 aliphatic heterocycles. The molecule has 0 amide bonds. The Morgan fingerprint density at radius 3 is 2.55 bits per heavy atom. The number of hydrogen-bond acceptors (Lipinski definition) is 7. The van der Waals surface area contributed by atoms with Crippen LogP contribution in [0.2, 0.25) is 0 Å². The van der Waals surface area contributed by atoms with Crippen LogP contribution in [0.4, 0.5) is 4.39 Å². The number of tetrazole rings is 1. The largest absolute Gasteiger partial charge is 0.494 e. The molecule has 1 saturated heterocycles. The number of fused-ring (bicyclic) bond motifs is 1. The molecule has 4 aromatic rings. The van der Waals surface area contributed by atoms with E-state index >= 15 is 0 Å². The molecule has 2 fully saturated rings. The normalized spacial score (nSPS) is 18.2.